The van der Waals surface area contributed by atoms with Gasteiger partial charge in [0.2, 0.25) is 5.91 Å². The zero-order valence-electron chi connectivity index (χ0n) is 10.2. The van der Waals surface area contributed by atoms with Crippen LogP contribution in [0.3, 0.4) is 0 Å². The van der Waals surface area contributed by atoms with Crippen molar-refractivity contribution in [1.82, 2.24) is 0 Å². The minimum absolute atomic E-state index is 0. The lowest BCUT2D eigenvalue weighted by molar-refractivity contribution is -0.117. The Hall–Kier alpha value is -0.290. The number of benzene rings is 1. The number of carbonyl (C=O) groups excluding carboxylic acids is 1. The third-order valence-electron chi connectivity index (χ3n) is 2.25. The average molecular weight is 356 g/mol. The van der Waals surface area contributed by atoms with Crippen molar-refractivity contribution in [3.05, 3.63) is 27.7 Å². The summed E-state index contributed by atoms with van der Waals surface area (Å²) in [5, 5.41) is 3.37. The van der Waals surface area contributed by atoms with Crippen LogP contribution in [0.15, 0.2) is 22.7 Å². The molecule has 1 amide bonds. The number of nitrogens with one attached hydrogen (secondary N) is 1. The lowest BCUT2D eigenvalue weighted by atomic mass is 10.0. The van der Waals surface area contributed by atoms with Gasteiger partial charge in [-0.05, 0) is 46.5 Å². The Kier molecular flexibility index (Phi) is 7.87. The molecule has 0 spiro atoms. The van der Waals surface area contributed by atoms with Crippen molar-refractivity contribution >= 4 is 51.5 Å². The normalized spacial score (nSPS) is 11.9. The first-order chi connectivity index (χ1) is 7.90. The molecule has 0 heterocycles. The highest BCUT2D eigenvalue weighted by molar-refractivity contribution is 9.10. The molecule has 6 heteroatoms. The molecule has 0 aliphatic heterocycles. The maximum absolute atomic E-state index is 11.8. The lowest BCUT2D eigenvalue weighted by Crippen LogP contribution is -2.36. The summed E-state index contributed by atoms with van der Waals surface area (Å²) in [5.74, 6) is 0.223. The quantitative estimate of drug-likeness (QED) is 0.862. The fourth-order valence-corrected chi connectivity index (χ4v) is 1.92. The maximum atomic E-state index is 11.8. The molecule has 0 saturated carbocycles. The van der Waals surface area contributed by atoms with Crippen LogP contribution in [0.2, 0.25) is 5.02 Å². The molecular formula is C12H17BrCl2N2O. The Bertz CT molecular complexity index is 413. The van der Waals surface area contributed by atoms with Crippen LogP contribution in [0.5, 0.6) is 0 Å². The van der Waals surface area contributed by atoms with Gasteiger partial charge in [0.25, 0.3) is 0 Å². The molecule has 0 aliphatic rings. The third kappa shape index (κ3) is 5.57. The van der Waals surface area contributed by atoms with Gasteiger partial charge in [-0.25, -0.2) is 0 Å². The van der Waals surface area contributed by atoms with Gasteiger partial charge in [0.05, 0.1) is 11.1 Å². The van der Waals surface area contributed by atoms with Crippen LogP contribution in [-0.4, -0.2) is 11.9 Å². The van der Waals surface area contributed by atoms with E-state index < -0.39 is 6.04 Å². The van der Waals surface area contributed by atoms with E-state index in [0.717, 1.165) is 4.47 Å². The second kappa shape index (κ2) is 8.00. The molecule has 0 saturated heterocycles. The number of carbonyl (C=O) groups is 1. The van der Waals surface area contributed by atoms with Crippen molar-refractivity contribution in [2.45, 2.75) is 26.3 Å². The Morgan fingerprint density at radius 1 is 1.50 bits per heavy atom. The second-order valence-electron chi connectivity index (χ2n) is 4.35. The number of nitrogens with two attached hydrogens (primary N) is 1. The van der Waals surface area contributed by atoms with Gasteiger partial charge in [-0.2, -0.15) is 0 Å². The summed E-state index contributed by atoms with van der Waals surface area (Å²) < 4.78 is 0.745. The number of hydrogen-bond acceptors (Lipinski definition) is 2. The molecule has 102 valence electrons. The fourth-order valence-electron chi connectivity index (χ4n) is 1.42. The van der Waals surface area contributed by atoms with Gasteiger partial charge in [-0.15, -0.1) is 12.4 Å². The molecule has 0 unspecified atom stereocenters. The lowest BCUT2D eigenvalue weighted by Gasteiger charge is -2.14. The zero-order chi connectivity index (χ0) is 13.0. The van der Waals surface area contributed by atoms with Crippen molar-refractivity contribution in [3.8, 4) is 0 Å². The number of halogens is 3. The van der Waals surface area contributed by atoms with Gasteiger partial charge in [0.15, 0.2) is 0 Å². The minimum Gasteiger partial charge on any atom is -0.325 e. The van der Waals surface area contributed by atoms with Crippen molar-refractivity contribution in [2.75, 3.05) is 5.32 Å². The largest absolute Gasteiger partial charge is 0.325 e. The highest BCUT2D eigenvalue weighted by Gasteiger charge is 2.15. The highest BCUT2D eigenvalue weighted by Crippen LogP contribution is 2.25. The first-order valence-corrected chi connectivity index (χ1v) is 6.58. The summed E-state index contributed by atoms with van der Waals surface area (Å²) in [5.41, 5.74) is 6.47. The predicted molar refractivity (Wildman–Crippen MR) is 82.5 cm³/mol. The Labute approximate surface area is 127 Å². The van der Waals surface area contributed by atoms with E-state index >= 15 is 0 Å². The summed E-state index contributed by atoms with van der Waals surface area (Å²) >= 11 is 9.16. The van der Waals surface area contributed by atoms with Crippen LogP contribution in [0.4, 0.5) is 5.69 Å². The van der Waals surface area contributed by atoms with E-state index in [-0.39, 0.29) is 18.3 Å². The summed E-state index contributed by atoms with van der Waals surface area (Å²) in [6.07, 6.45) is 0.667. The van der Waals surface area contributed by atoms with Crippen LogP contribution in [0, 0.1) is 5.92 Å². The van der Waals surface area contributed by atoms with Crippen molar-refractivity contribution in [1.29, 1.82) is 0 Å². The van der Waals surface area contributed by atoms with E-state index in [1.807, 2.05) is 13.8 Å². The summed E-state index contributed by atoms with van der Waals surface area (Å²) in [6, 6.07) is 4.73. The number of hydrogen-bond donors (Lipinski definition) is 2. The van der Waals surface area contributed by atoms with Crippen molar-refractivity contribution < 1.29 is 4.79 Å². The molecule has 3 N–H and O–H groups in total. The number of anilines is 1. The van der Waals surface area contributed by atoms with E-state index in [1.165, 1.54) is 0 Å². The zero-order valence-corrected chi connectivity index (χ0v) is 13.4. The standard InChI is InChI=1S/C12H16BrClN2O.ClH/c1-7(2)5-11(15)12(17)16-8-3-4-10(14)9(13)6-8;/h3-4,6-7,11H,5,15H2,1-2H3,(H,16,17);1H/t11-;/m0./s1. The van der Waals surface area contributed by atoms with Gasteiger partial charge in [-0.1, -0.05) is 25.4 Å². The van der Waals surface area contributed by atoms with Gasteiger partial charge in [-0.3, -0.25) is 4.79 Å². The molecule has 1 aromatic rings. The van der Waals surface area contributed by atoms with Gasteiger partial charge in [0, 0.05) is 10.2 Å². The fraction of sp³-hybridized carbons (Fsp3) is 0.417. The monoisotopic (exact) mass is 354 g/mol. The molecule has 1 rings (SSSR count). The van der Waals surface area contributed by atoms with Gasteiger partial charge in [0.1, 0.15) is 0 Å². The van der Waals surface area contributed by atoms with E-state index in [9.17, 15) is 4.79 Å². The summed E-state index contributed by atoms with van der Waals surface area (Å²) in [4.78, 5) is 11.8. The number of amides is 1. The van der Waals surface area contributed by atoms with E-state index in [2.05, 4.69) is 21.2 Å². The SMILES string of the molecule is CC(C)C[C@H](N)C(=O)Nc1ccc(Cl)c(Br)c1.Cl. The molecule has 1 atom stereocenters. The second-order valence-corrected chi connectivity index (χ2v) is 5.62. The Morgan fingerprint density at radius 2 is 2.11 bits per heavy atom. The molecule has 18 heavy (non-hydrogen) atoms. The molecule has 1 aromatic carbocycles. The number of rotatable bonds is 4. The van der Waals surface area contributed by atoms with Gasteiger partial charge < -0.3 is 11.1 Å². The molecule has 3 nitrogen and oxygen atoms in total. The van der Waals surface area contributed by atoms with E-state index in [0.29, 0.717) is 23.0 Å². The minimum atomic E-state index is -0.482. The van der Waals surface area contributed by atoms with Crippen molar-refractivity contribution in [3.63, 3.8) is 0 Å². The molecule has 0 bridgehead atoms. The highest BCUT2D eigenvalue weighted by atomic mass is 79.9. The van der Waals surface area contributed by atoms with E-state index in [1.54, 1.807) is 18.2 Å². The summed E-state index contributed by atoms with van der Waals surface area (Å²) in [7, 11) is 0. The molecular weight excluding hydrogens is 339 g/mol. The summed E-state index contributed by atoms with van der Waals surface area (Å²) in [6.45, 7) is 4.07. The Morgan fingerprint density at radius 3 is 2.61 bits per heavy atom. The van der Waals surface area contributed by atoms with Crippen LogP contribution >= 0.6 is 39.9 Å². The smallest absolute Gasteiger partial charge is 0.241 e. The van der Waals surface area contributed by atoms with Crippen molar-refractivity contribution in [2.24, 2.45) is 11.7 Å². The predicted octanol–water partition coefficient (Wildman–Crippen LogP) is 3.84. The molecule has 0 aliphatic carbocycles. The first kappa shape index (κ1) is 17.7. The van der Waals surface area contributed by atoms with Crippen LogP contribution in [-0.2, 0) is 4.79 Å². The molecule has 0 aromatic heterocycles. The third-order valence-corrected chi connectivity index (χ3v) is 3.46. The van der Waals surface area contributed by atoms with Gasteiger partial charge >= 0.3 is 0 Å². The topological polar surface area (TPSA) is 55.1 Å². The molecule has 0 radical (unpaired) electrons. The first-order valence-electron chi connectivity index (χ1n) is 5.41. The van der Waals surface area contributed by atoms with Crippen LogP contribution in [0.25, 0.3) is 0 Å². The van der Waals surface area contributed by atoms with E-state index in [4.69, 9.17) is 17.3 Å². The van der Waals surface area contributed by atoms with Crippen LogP contribution < -0.4 is 11.1 Å². The van der Waals surface area contributed by atoms with Crippen LogP contribution in [0.1, 0.15) is 20.3 Å². The average Bonchev–Trinajstić information content (AvgIpc) is 2.22. The Balaban J connectivity index is 0.00000289. The molecule has 0 fully saturated rings. The maximum Gasteiger partial charge on any atom is 0.241 e.